The minimum Gasteiger partial charge on any atom is -0.489 e. The second-order valence-electron chi connectivity index (χ2n) is 3.34. The van der Waals surface area contributed by atoms with Gasteiger partial charge in [-0.25, -0.2) is 8.78 Å². The molecule has 0 radical (unpaired) electrons. The van der Waals surface area contributed by atoms with E-state index < -0.39 is 11.6 Å². The highest BCUT2D eigenvalue weighted by molar-refractivity contribution is 5.24. The van der Waals surface area contributed by atoms with E-state index in [0.717, 1.165) is 24.7 Å². The summed E-state index contributed by atoms with van der Waals surface area (Å²) in [5.74, 6) is -1.08. The first-order valence-electron chi connectivity index (χ1n) is 4.94. The highest BCUT2D eigenvalue weighted by Crippen LogP contribution is 2.17. The van der Waals surface area contributed by atoms with E-state index in [2.05, 4.69) is 5.32 Å². The van der Waals surface area contributed by atoms with E-state index in [1.54, 1.807) is 0 Å². The molecular formula is C11H15F2NO. The molecule has 0 aliphatic carbocycles. The molecule has 0 aliphatic heterocycles. The largest absolute Gasteiger partial charge is 0.489 e. The molecule has 0 heterocycles. The third-order valence-electron chi connectivity index (χ3n) is 1.93. The van der Waals surface area contributed by atoms with Crippen molar-refractivity contribution in [3.8, 4) is 5.75 Å². The van der Waals surface area contributed by atoms with Crippen LogP contribution in [-0.2, 0) is 0 Å². The number of ether oxygens (including phenoxy) is 1. The molecule has 1 rings (SSSR count). The quantitative estimate of drug-likeness (QED) is 0.814. The smallest absolute Gasteiger partial charge is 0.165 e. The number of hydrogen-bond acceptors (Lipinski definition) is 2. The zero-order chi connectivity index (χ0) is 11.3. The van der Waals surface area contributed by atoms with Crippen LogP contribution < -0.4 is 10.1 Å². The third kappa shape index (κ3) is 3.83. The topological polar surface area (TPSA) is 21.3 Å². The fourth-order valence-corrected chi connectivity index (χ4v) is 1.21. The zero-order valence-electron chi connectivity index (χ0n) is 8.89. The van der Waals surface area contributed by atoms with Crippen LogP contribution in [0.2, 0.25) is 0 Å². The van der Waals surface area contributed by atoms with E-state index in [1.807, 2.05) is 13.8 Å². The lowest BCUT2D eigenvalue weighted by Gasteiger charge is -2.13. The monoisotopic (exact) mass is 215 g/mol. The molecular weight excluding hydrogens is 200 g/mol. The molecule has 1 atom stereocenters. The summed E-state index contributed by atoms with van der Waals surface area (Å²) in [5, 5.41) is 3.11. The van der Waals surface area contributed by atoms with Gasteiger partial charge in [-0.3, -0.25) is 0 Å². The predicted molar refractivity (Wildman–Crippen MR) is 55.0 cm³/mol. The average molecular weight is 215 g/mol. The Morgan fingerprint density at radius 2 is 2.13 bits per heavy atom. The maximum atomic E-state index is 13.1. The van der Waals surface area contributed by atoms with Gasteiger partial charge in [-0.1, -0.05) is 6.92 Å². The van der Waals surface area contributed by atoms with Crippen molar-refractivity contribution in [3.05, 3.63) is 29.8 Å². The van der Waals surface area contributed by atoms with E-state index in [1.165, 1.54) is 0 Å². The Hall–Kier alpha value is -1.16. The Morgan fingerprint density at radius 1 is 1.40 bits per heavy atom. The molecule has 84 valence electrons. The maximum absolute atomic E-state index is 13.1. The third-order valence-corrected chi connectivity index (χ3v) is 1.93. The Bertz CT molecular complexity index is 317. The number of likely N-dealkylation sites (N-methyl/N-ethyl adjacent to an activating group) is 1. The van der Waals surface area contributed by atoms with E-state index in [-0.39, 0.29) is 11.8 Å². The lowest BCUT2D eigenvalue weighted by Crippen LogP contribution is -2.31. The Labute approximate surface area is 88.3 Å². The van der Waals surface area contributed by atoms with Crippen molar-refractivity contribution in [3.63, 3.8) is 0 Å². The molecule has 0 spiro atoms. The normalized spacial score (nSPS) is 12.5. The predicted octanol–water partition coefficient (Wildman–Crippen LogP) is 2.34. The van der Waals surface area contributed by atoms with Gasteiger partial charge in [0.2, 0.25) is 0 Å². The highest BCUT2D eigenvalue weighted by Gasteiger charge is 2.06. The molecule has 0 bridgehead atoms. The molecule has 0 amide bonds. The number of halogens is 2. The van der Waals surface area contributed by atoms with Crippen molar-refractivity contribution >= 4 is 0 Å². The van der Waals surface area contributed by atoms with Crippen LogP contribution in [0.3, 0.4) is 0 Å². The second-order valence-corrected chi connectivity index (χ2v) is 3.34. The molecule has 0 fully saturated rings. The standard InChI is InChI=1S/C11H15F2NO/c1-3-14-8(2)7-15-11-6-9(12)4-5-10(11)13/h4-6,8,14H,3,7H2,1-2H3. The van der Waals surface area contributed by atoms with Gasteiger partial charge in [0.05, 0.1) is 0 Å². The summed E-state index contributed by atoms with van der Waals surface area (Å²) >= 11 is 0. The number of hydrogen-bond donors (Lipinski definition) is 1. The molecule has 1 aromatic rings. The minimum atomic E-state index is -0.542. The number of nitrogens with one attached hydrogen (secondary N) is 1. The zero-order valence-corrected chi connectivity index (χ0v) is 8.89. The Morgan fingerprint density at radius 3 is 2.80 bits per heavy atom. The fraction of sp³-hybridized carbons (Fsp3) is 0.455. The van der Waals surface area contributed by atoms with Gasteiger partial charge in [0.25, 0.3) is 0 Å². The van der Waals surface area contributed by atoms with E-state index >= 15 is 0 Å². The number of rotatable bonds is 5. The van der Waals surface area contributed by atoms with Gasteiger partial charge in [-0.05, 0) is 25.6 Å². The first kappa shape index (κ1) is 11.9. The van der Waals surface area contributed by atoms with Gasteiger partial charge in [-0.15, -0.1) is 0 Å². The van der Waals surface area contributed by atoms with Gasteiger partial charge < -0.3 is 10.1 Å². The first-order chi connectivity index (χ1) is 7.13. The molecule has 0 aliphatic rings. The molecule has 0 saturated heterocycles. The van der Waals surface area contributed by atoms with Crippen LogP contribution in [0.25, 0.3) is 0 Å². The van der Waals surface area contributed by atoms with E-state index in [0.29, 0.717) is 6.61 Å². The summed E-state index contributed by atoms with van der Waals surface area (Å²) in [5.41, 5.74) is 0. The summed E-state index contributed by atoms with van der Waals surface area (Å²) in [6.07, 6.45) is 0. The van der Waals surface area contributed by atoms with Crippen molar-refractivity contribution in [2.75, 3.05) is 13.2 Å². The summed E-state index contributed by atoms with van der Waals surface area (Å²) in [7, 11) is 0. The van der Waals surface area contributed by atoms with Crippen LogP contribution in [0.4, 0.5) is 8.78 Å². The van der Waals surface area contributed by atoms with Crippen LogP contribution in [0.5, 0.6) is 5.75 Å². The highest BCUT2D eigenvalue weighted by atomic mass is 19.1. The molecule has 0 saturated carbocycles. The van der Waals surface area contributed by atoms with E-state index in [9.17, 15) is 8.78 Å². The van der Waals surface area contributed by atoms with Gasteiger partial charge in [0.1, 0.15) is 12.4 Å². The van der Waals surface area contributed by atoms with Gasteiger partial charge >= 0.3 is 0 Å². The number of benzene rings is 1. The summed E-state index contributed by atoms with van der Waals surface area (Å²) < 4.78 is 31.0. The van der Waals surface area contributed by atoms with E-state index in [4.69, 9.17) is 4.74 Å². The first-order valence-corrected chi connectivity index (χ1v) is 4.94. The average Bonchev–Trinajstić information content (AvgIpc) is 2.20. The maximum Gasteiger partial charge on any atom is 0.165 e. The van der Waals surface area contributed by atoms with Crippen molar-refractivity contribution < 1.29 is 13.5 Å². The molecule has 1 aromatic carbocycles. The van der Waals surface area contributed by atoms with Crippen LogP contribution in [-0.4, -0.2) is 19.2 Å². The molecule has 1 unspecified atom stereocenters. The van der Waals surface area contributed by atoms with Crippen molar-refractivity contribution in [2.24, 2.45) is 0 Å². The van der Waals surface area contributed by atoms with Crippen molar-refractivity contribution in [2.45, 2.75) is 19.9 Å². The summed E-state index contributed by atoms with van der Waals surface area (Å²) in [6.45, 7) is 5.02. The van der Waals surface area contributed by atoms with Crippen LogP contribution in [0.15, 0.2) is 18.2 Å². The molecule has 15 heavy (non-hydrogen) atoms. The molecule has 2 nitrogen and oxygen atoms in total. The van der Waals surface area contributed by atoms with Crippen molar-refractivity contribution in [1.82, 2.24) is 5.32 Å². The van der Waals surface area contributed by atoms with Gasteiger partial charge in [0, 0.05) is 12.1 Å². The van der Waals surface area contributed by atoms with Crippen LogP contribution in [0.1, 0.15) is 13.8 Å². The molecule has 0 aromatic heterocycles. The SMILES string of the molecule is CCNC(C)COc1cc(F)ccc1F. The van der Waals surface area contributed by atoms with Crippen LogP contribution in [0, 0.1) is 11.6 Å². The molecule has 1 N–H and O–H groups in total. The lowest BCUT2D eigenvalue weighted by molar-refractivity contribution is 0.262. The second kappa shape index (κ2) is 5.66. The Balaban J connectivity index is 2.53. The van der Waals surface area contributed by atoms with Gasteiger partial charge in [0.15, 0.2) is 11.6 Å². The fourth-order valence-electron chi connectivity index (χ4n) is 1.21. The summed E-state index contributed by atoms with van der Waals surface area (Å²) in [6, 6.07) is 3.28. The lowest BCUT2D eigenvalue weighted by atomic mass is 10.3. The van der Waals surface area contributed by atoms with Crippen molar-refractivity contribution in [1.29, 1.82) is 0 Å². The molecule has 4 heteroatoms. The summed E-state index contributed by atoms with van der Waals surface area (Å²) in [4.78, 5) is 0. The van der Waals surface area contributed by atoms with Crippen LogP contribution >= 0.6 is 0 Å². The Kier molecular flexibility index (Phi) is 4.49. The van der Waals surface area contributed by atoms with Gasteiger partial charge in [-0.2, -0.15) is 0 Å². The minimum absolute atomic E-state index is 0.0419.